The highest BCUT2D eigenvalue weighted by Crippen LogP contribution is 2.10. The molecule has 94 valence electrons. The molecule has 1 aromatic carbocycles. The fraction of sp³-hybridized carbons (Fsp3) is 0.312. The minimum absolute atomic E-state index is 1.03. The van der Waals surface area contributed by atoms with Crippen LogP contribution in [0, 0.1) is 6.92 Å². The monoisotopic (exact) mass is 240 g/mol. The van der Waals surface area contributed by atoms with Gasteiger partial charge in [0.15, 0.2) is 0 Å². The third kappa shape index (κ3) is 3.59. The van der Waals surface area contributed by atoms with Gasteiger partial charge in [0.25, 0.3) is 0 Å². The summed E-state index contributed by atoms with van der Waals surface area (Å²) in [5.74, 6) is 1.06. The number of rotatable bonds is 5. The maximum atomic E-state index is 4.52. The first-order chi connectivity index (χ1) is 8.75. The second-order valence-corrected chi connectivity index (χ2v) is 4.65. The van der Waals surface area contributed by atoms with E-state index in [0.29, 0.717) is 0 Å². The molecule has 18 heavy (non-hydrogen) atoms. The Labute approximate surface area is 109 Å². The van der Waals surface area contributed by atoms with Crippen LogP contribution in [-0.2, 0) is 6.42 Å². The van der Waals surface area contributed by atoms with Gasteiger partial charge in [-0.15, -0.1) is 0 Å². The third-order valence-electron chi connectivity index (χ3n) is 3.07. The number of benzene rings is 1. The average Bonchev–Trinajstić information content (AvgIpc) is 2.40. The quantitative estimate of drug-likeness (QED) is 0.795. The molecule has 2 rings (SSSR count). The SMILES string of the molecule is Cc1cccc(N(C)CCCc2ccccc2)n1. The predicted octanol–water partition coefficient (Wildman–Crippen LogP) is 3.46. The zero-order chi connectivity index (χ0) is 12.8. The van der Waals surface area contributed by atoms with Crippen molar-refractivity contribution in [1.82, 2.24) is 4.98 Å². The molecule has 0 saturated carbocycles. The summed E-state index contributed by atoms with van der Waals surface area (Å²) >= 11 is 0. The van der Waals surface area contributed by atoms with Crippen molar-refractivity contribution in [2.24, 2.45) is 0 Å². The molecule has 2 heteroatoms. The summed E-state index contributed by atoms with van der Waals surface area (Å²) in [7, 11) is 2.10. The summed E-state index contributed by atoms with van der Waals surface area (Å²) in [6.45, 7) is 3.06. The van der Waals surface area contributed by atoms with Crippen LogP contribution in [0.4, 0.5) is 5.82 Å². The van der Waals surface area contributed by atoms with E-state index >= 15 is 0 Å². The van der Waals surface area contributed by atoms with Crippen LogP contribution in [0.15, 0.2) is 48.5 Å². The van der Waals surface area contributed by atoms with Crippen LogP contribution in [0.2, 0.25) is 0 Å². The number of hydrogen-bond acceptors (Lipinski definition) is 2. The van der Waals surface area contributed by atoms with Crippen molar-refractivity contribution in [1.29, 1.82) is 0 Å². The Hall–Kier alpha value is -1.83. The molecule has 0 atom stereocenters. The summed E-state index contributed by atoms with van der Waals surface area (Å²) in [6, 6.07) is 16.8. The third-order valence-corrected chi connectivity index (χ3v) is 3.07. The second-order valence-electron chi connectivity index (χ2n) is 4.65. The van der Waals surface area contributed by atoms with Gasteiger partial charge in [0.1, 0.15) is 5.82 Å². The highest BCUT2D eigenvalue weighted by atomic mass is 15.2. The van der Waals surface area contributed by atoms with E-state index in [0.717, 1.165) is 30.9 Å². The molecule has 0 bridgehead atoms. The number of pyridine rings is 1. The topological polar surface area (TPSA) is 16.1 Å². The Morgan fingerprint density at radius 2 is 1.78 bits per heavy atom. The van der Waals surface area contributed by atoms with Gasteiger partial charge in [-0.05, 0) is 37.5 Å². The first kappa shape index (κ1) is 12.6. The minimum Gasteiger partial charge on any atom is -0.360 e. The van der Waals surface area contributed by atoms with E-state index in [1.165, 1.54) is 5.56 Å². The van der Waals surface area contributed by atoms with Gasteiger partial charge < -0.3 is 4.90 Å². The number of hydrogen-bond donors (Lipinski definition) is 0. The lowest BCUT2D eigenvalue weighted by atomic mass is 10.1. The van der Waals surface area contributed by atoms with Crippen LogP contribution in [0.25, 0.3) is 0 Å². The zero-order valence-electron chi connectivity index (χ0n) is 11.1. The molecule has 0 N–H and O–H groups in total. The molecule has 0 radical (unpaired) electrons. The van der Waals surface area contributed by atoms with E-state index in [-0.39, 0.29) is 0 Å². The van der Waals surface area contributed by atoms with E-state index in [4.69, 9.17) is 0 Å². The van der Waals surface area contributed by atoms with Crippen molar-refractivity contribution in [3.63, 3.8) is 0 Å². The molecule has 2 nitrogen and oxygen atoms in total. The van der Waals surface area contributed by atoms with Crippen molar-refractivity contribution in [3.05, 3.63) is 59.8 Å². The number of aromatic nitrogens is 1. The van der Waals surface area contributed by atoms with E-state index in [9.17, 15) is 0 Å². The number of nitrogens with zero attached hydrogens (tertiary/aromatic N) is 2. The van der Waals surface area contributed by atoms with E-state index in [2.05, 4.69) is 59.4 Å². The first-order valence-corrected chi connectivity index (χ1v) is 6.44. The molecule has 0 unspecified atom stereocenters. The fourth-order valence-electron chi connectivity index (χ4n) is 2.02. The van der Waals surface area contributed by atoms with Crippen LogP contribution in [0.1, 0.15) is 17.7 Å². The van der Waals surface area contributed by atoms with Gasteiger partial charge in [0.05, 0.1) is 0 Å². The molecule has 0 aliphatic carbocycles. The van der Waals surface area contributed by atoms with Gasteiger partial charge in [0, 0.05) is 19.3 Å². The average molecular weight is 240 g/mol. The highest BCUT2D eigenvalue weighted by molar-refractivity contribution is 5.37. The van der Waals surface area contributed by atoms with E-state index < -0.39 is 0 Å². The summed E-state index contributed by atoms with van der Waals surface area (Å²) in [6.07, 6.45) is 2.27. The van der Waals surface area contributed by atoms with Crippen molar-refractivity contribution >= 4 is 5.82 Å². The van der Waals surface area contributed by atoms with Crippen LogP contribution < -0.4 is 4.90 Å². The lowest BCUT2D eigenvalue weighted by Gasteiger charge is -2.18. The Morgan fingerprint density at radius 3 is 2.50 bits per heavy atom. The van der Waals surface area contributed by atoms with Crippen LogP contribution in [-0.4, -0.2) is 18.6 Å². The standard InChI is InChI=1S/C16H20N2/c1-14-8-6-12-16(17-14)18(2)13-7-11-15-9-4-3-5-10-15/h3-6,8-10,12H,7,11,13H2,1-2H3. The molecule has 1 aromatic heterocycles. The highest BCUT2D eigenvalue weighted by Gasteiger charge is 2.02. The first-order valence-electron chi connectivity index (χ1n) is 6.44. The molecular weight excluding hydrogens is 220 g/mol. The molecule has 0 aliphatic rings. The van der Waals surface area contributed by atoms with Gasteiger partial charge >= 0.3 is 0 Å². The molecular formula is C16H20N2. The number of anilines is 1. The van der Waals surface area contributed by atoms with E-state index in [1.54, 1.807) is 0 Å². The Morgan fingerprint density at radius 1 is 1.00 bits per heavy atom. The lowest BCUT2D eigenvalue weighted by molar-refractivity contribution is 0.776. The van der Waals surface area contributed by atoms with Gasteiger partial charge in [-0.2, -0.15) is 0 Å². The number of aryl methyl sites for hydroxylation is 2. The Bertz CT molecular complexity index is 479. The lowest BCUT2D eigenvalue weighted by Crippen LogP contribution is -2.20. The summed E-state index contributed by atoms with van der Waals surface area (Å²) in [4.78, 5) is 6.74. The maximum absolute atomic E-state index is 4.52. The van der Waals surface area contributed by atoms with Crippen molar-refractivity contribution < 1.29 is 0 Å². The summed E-state index contributed by atoms with van der Waals surface area (Å²) in [5.41, 5.74) is 2.48. The molecule has 0 fully saturated rings. The predicted molar refractivity (Wildman–Crippen MR) is 77.0 cm³/mol. The molecule has 0 spiro atoms. The summed E-state index contributed by atoms with van der Waals surface area (Å²) < 4.78 is 0. The molecule has 1 heterocycles. The van der Waals surface area contributed by atoms with Gasteiger partial charge in [-0.25, -0.2) is 4.98 Å². The fourth-order valence-corrected chi connectivity index (χ4v) is 2.02. The second kappa shape index (κ2) is 6.20. The zero-order valence-corrected chi connectivity index (χ0v) is 11.1. The Balaban J connectivity index is 1.83. The van der Waals surface area contributed by atoms with E-state index in [1.807, 2.05) is 13.0 Å². The molecule has 0 amide bonds. The van der Waals surface area contributed by atoms with Gasteiger partial charge in [0.2, 0.25) is 0 Å². The van der Waals surface area contributed by atoms with Crippen molar-refractivity contribution in [2.75, 3.05) is 18.5 Å². The maximum Gasteiger partial charge on any atom is 0.128 e. The van der Waals surface area contributed by atoms with Crippen molar-refractivity contribution in [3.8, 4) is 0 Å². The van der Waals surface area contributed by atoms with Crippen LogP contribution >= 0.6 is 0 Å². The van der Waals surface area contributed by atoms with Crippen LogP contribution in [0.5, 0.6) is 0 Å². The van der Waals surface area contributed by atoms with Crippen molar-refractivity contribution in [2.45, 2.75) is 19.8 Å². The minimum atomic E-state index is 1.03. The Kier molecular flexibility index (Phi) is 4.35. The normalized spacial score (nSPS) is 10.3. The van der Waals surface area contributed by atoms with Gasteiger partial charge in [-0.3, -0.25) is 0 Å². The largest absolute Gasteiger partial charge is 0.360 e. The van der Waals surface area contributed by atoms with Crippen LogP contribution in [0.3, 0.4) is 0 Å². The molecule has 0 aliphatic heterocycles. The van der Waals surface area contributed by atoms with Gasteiger partial charge in [-0.1, -0.05) is 36.4 Å². The smallest absolute Gasteiger partial charge is 0.128 e. The molecule has 2 aromatic rings. The summed E-state index contributed by atoms with van der Waals surface area (Å²) in [5, 5.41) is 0. The molecule has 0 saturated heterocycles.